The molecular formula is C22H27N5. The number of rotatable bonds is 3. The van der Waals surface area contributed by atoms with Crippen LogP contribution in [0.5, 0.6) is 0 Å². The lowest BCUT2D eigenvalue weighted by atomic mass is 10.0. The molecule has 1 aliphatic heterocycles. The first-order valence-electron chi connectivity index (χ1n) is 9.75. The van der Waals surface area contributed by atoms with E-state index in [0.29, 0.717) is 0 Å². The van der Waals surface area contributed by atoms with E-state index in [2.05, 4.69) is 71.7 Å². The molecule has 0 radical (unpaired) electrons. The highest BCUT2D eigenvalue weighted by atomic mass is 15.3. The summed E-state index contributed by atoms with van der Waals surface area (Å²) in [7, 11) is 0. The van der Waals surface area contributed by atoms with Crippen molar-refractivity contribution in [2.75, 3.05) is 36.0 Å². The molecule has 0 unspecified atom stereocenters. The Hall–Kier alpha value is -2.69. The molecule has 0 atom stereocenters. The molecule has 0 saturated carbocycles. The summed E-state index contributed by atoms with van der Waals surface area (Å²) in [5.74, 6) is 2.13. The van der Waals surface area contributed by atoms with Crippen molar-refractivity contribution in [1.29, 1.82) is 0 Å². The largest absolute Gasteiger partial charge is 0.353 e. The second-order valence-corrected chi connectivity index (χ2v) is 7.40. The van der Waals surface area contributed by atoms with Crippen molar-refractivity contribution < 1.29 is 0 Å². The second-order valence-electron chi connectivity index (χ2n) is 7.40. The van der Waals surface area contributed by atoms with Gasteiger partial charge in [0.15, 0.2) is 0 Å². The third-order valence-electron chi connectivity index (χ3n) is 5.70. The van der Waals surface area contributed by atoms with Gasteiger partial charge in [0.05, 0.1) is 5.52 Å². The minimum atomic E-state index is 0.939. The average Bonchev–Trinajstić information content (AvgIpc) is 2.71. The highest BCUT2D eigenvalue weighted by Crippen LogP contribution is 2.27. The number of benzene rings is 1. The molecule has 0 spiro atoms. The van der Waals surface area contributed by atoms with Crippen LogP contribution in [0.3, 0.4) is 0 Å². The first-order chi connectivity index (χ1) is 13.1. The SMILES string of the molecule is CCc1cc(N2CCN(c3cc(C)c4ccc(C)c(C)c4n3)CC2)ncn1. The predicted octanol–water partition coefficient (Wildman–Crippen LogP) is 3.84. The molecule has 5 nitrogen and oxygen atoms in total. The molecule has 27 heavy (non-hydrogen) atoms. The van der Waals surface area contributed by atoms with E-state index < -0.39 is 0 Å². The van der Waals surface area contributed by atoms with Gasteiger partial charge in [-0.15, -0.1) is 0 Å². The molecule has 0 bridgehead atoms. The van der Waals surface area contributed by atoms with Gasteiger partial charge >= 0.3 is 0 Å². The van der Waals surface area contributed by atoms with E-state index >= 15 is 0 Å². The molecule has 5 heteroatoms. The van der Waals surface area contributed by atoms with E-state index in [9.17, 15) is 0 Å². The van der Waals surface area contributed by atoms with Gasteiger partial charge in [-0.05, 0) is 49.9 Å². The summed E-state index contributed by atoms with van der Waals surface area (Å²) in [4.78, 5) is 18.5. The smallest absolute Gasteiger partial charge is 0.132 e. The Balaban J connectivity index is 1.56. The molecule has 1 fully saturated rings. The fraction of sp³-hybridized carbons (Fsp3) is 0.409. The third-order valence-corrected chi connectivity index (χ3v) is 5.70. The van der Waals surface area contributed by atoms with Gasteiger partial charge in [0.25, 0.3) is 0 Å². The Morgan fingerprint density at radius 1 is 0.852 bits per heavy atom. The molecule has 3 aromatic rings. The maximum Gasteiger partial charge on any atom is 0.132 e. The Labute approximate surface area is 161 Å². The summed E-state index contributed by atoms with van der Waals surface area (Å²) in [6, 6.07) is 8.73. The summed E-state index contributed by atoms with van der Waals surface area (Å²) in [6.45, 7) is 12.4. The molecule has 2 aromatic heterocycles. The van der Waals surface area contributed by atoms with Crippen molar-refractivity contribution in [2.45, 2.75) is 34.1 Å². The monoisotopic (exact) mass is 361 g/mol. The number of fused-ring (bicyclic) bond motifs is 1. The van der Waals surface area contributed by atoms with Gasteiger partial charge in [-0.2, -0.15) is 0 Å². The highest BCUT2D eigenvalue weighted by Gasteiger charge is 2.20. The molecule has 3 heterocycles. The number of piperazine rings is 1. The number of hydrogen-bond acceptors (Lipinski definition) is 5. The summed E-state index contributed by atoms with van der Waals surface area (Å²) < 4.78 is 0. The van der Waals surface area contributed by atoms with E-state index in [0.717, 1.165) is 55.4 Å². The molecule has 4 rings (SSSR count). The van der Waals surface area contributed by atoms with E-state index in [4.69, 9.17) is 4.98 Å². The number of hydrogen-bond donors (Lipinski definition) is 0. The minimum Gasteiger partial charge on any atom is -0.353 e. The number of nitrogens with zero attached hydrogens (tertiary/aromatic N) is 5. The van der Waals surface area contributed by atoms with Gasteiger partial charge < -0.3 is 9.80 Å². The normalized spacial score (nSPS) is 14.8. The zero-order chi connectivity index (χ0) is 19.0. The first kappa shape index (κ1) is 17.7. The van der Waals surface area contributed by atoms with Crippen molar-refractivity contribution in [3.05, 3.63) is 53.0 Å². The van der Waals surface area contributed by atoms with Gasteiger partial charge in [0, 0.05) is 43.3 Å². The lowest BCUT2D eigenvalue weighted by Crippen LogP contribution is -2.47. The lowest BCUT2D eigenvalue weighted by molar-refractivity contribution is 0.641. The van der Waals surface area contributed by atoms with Crippen LogP contribution in [0, 0.1) is 20.8 Å². The highest BCUT2D eigenvalue weighted by molar-refractivity contribution is 5.87. The van der Waals surface area contributed by atoms with Crippen LogP contribution in [0.4, 0.5) is 11.6 Å². The average molecular weight is 361 g/mol. The minimum absolute atomic E-state index is 0.939. The fourth-order valence-electron chi connectivity index (χ4n) is 3.76. The number of anilines is 2. The molecule has 1 saturated heterocycles. The van der Waals surface area contributed by atoms with Crippen LogP contribution in [-0.4, -0.2) is 41.1 Å². The molecule has 0 N–H and O–H groups in total. The Morgan fingerprint density at radius 2 is 1.56 bits per heavy atom. The summed E-state index contributed by atoms with van der Waals surface area (Å²) in [5, 5.41) is 1.26. The van der Waals surface area contributed by atoms with Crippen molar-refractivity contribution in [2.24, 2.45) is 0 Å². The van der Waals surface area contributed by atoms with E-state index in [1.807, 2.05) is 0 Å². The lowest BCUT2D eigenvalue weighted by Gasteiger charge is -2.36. The van der Waals surface area contributed by atoms with Crippen molar-refractivity contribution in [3.63, 3.8) is 0 Å². The van der Waals surface area contributed by atoms with Gasteiger partial charge in [0.1, 0.15) is 18.0 Å². The number of aromatic nitrogens is 3. The maximum atomic E-state index is 5.03. The summed E-state index contributed by atoms with van der Waals surface area (Å²) in [5.41, 5.74) is 6.11. The van der Waals surface area contributed by atoms with Gasteiger partial charge in [-0.3, -0.25) is 0 Å². The predicted molar refractivity (Wildman–Crippen MR) is 112 cm³/mol. The van der Waals surface area contributed by atoms with Gasteiger partial charge in [0.2, 0.25) is 0 Å². The summed E-state index contributed by atoms with van der Waals surface area (Å²) >= 11 is 0. The maximum absolute atomic E-state index is 5.03. The van der Waals surface area contributed by atoms with Crippen molar-refractivity contribution in [1.82, 2.24) is 15.0 Å². The zero-order valence-corrected chi connectivity index (χ0v) is 16.7. The van der Waals surface area contributed by atoms with Crippen LogP contribution in [0.25, 0.3) is 10.9 Å². The Morgan fingerprint density at radius 3 is 2.26 bits per heavy atom. The van der Waals surface area contributed by atoms with E-state index in [-0.39, 0.29) is 0 Å². The van der Waals surface area contributed by atoms with Crippen molar-refractivity contribution >= 4 is 22.5 Å². The van der Waals surface area contributed by atoms with Crippen molar-refractivity contribution in [3.8, 4) is 0 Å². The zero-order valence-electron chi connectivity index (χ0n) is 16.7. The van der Waals surface area contributed by atoms with Crippen LogP contribution in [0.2, 0.25) is 0 Å². The van der Waals surface area contributed by atoms with Crippen LogP contribution in [0.15, 0.2) is 30.6 Å². The molecular weight excluding hydrogens is 334 g/mol. The van der Waals surface area contributed by atoms with Crippen LogP contribution < -0.4 is 9.80 Å². The molecule has 140 valence electrons. The molecule has 0 amide bonds. The number of aryl methyl sites for hydroxylation is 4. The first-order valence-corrected chi connectivity index (χ1v) is 9.75. The Kier molecular flexibility index (Phi) is 4.68. The van der Waals surface area contributed by atoms with Gasteiger partial charge in [-0.25, -0.2) is 15.0 Å². The van der Waals surface area contributed by atoms with Crippen LogP contribution >= 0.6 is 0 Å². The third kappa shape index (κ3) is 3.34. The van der Waals surface area contributed by atoms with Crippen LogP contribution in [-0.2, 0) is 6.42 Å². The second kappa shape index (κ2) is 7.14. The molecule has 0 aliphatic carbocycles. The van der Waals surface area contributed by atoms with E-state index in [1.54, 1.807) is 6.33 Å². The standard InChI is InChI=1S/C22H27N5/c1-5-18-13-20(24-14-23-18)26-8-10-27(11-9-26)21-12-16(3)19-7-6-15(2)17(4)22(19)25-21/h6-7,12-14H,5,8-11H2,1-4H3. The fourth-order valence-corrected chi connectivity index (χ4v) is 3.76. The van der Waals surface area contributed by atoms with E-state index in [1.165, 1.54) is 22.1 Å². The topological polar surface area (TPSA) is 45.2 Å². The molecule has 1 aliphatic rings. The van der Waals surface area contributed by atoms with Crippen LogP contribution in [0.1, 0.15) is 29.3 Å². The number of pyridine rings is 1. The van der Waals surface area contributed by atoms with Gasteiger partial charge in [-0.1, -0.05) is 19.1 Å². The summed E-state index contributed by atoms with van der Waals surface area (Å²) in [6.07, 6.45) is 2.62. The Bertz CT molecular complexity index is 974. The quantitative estimate of drug-likeness (QED) is 0.709. The molecule has 1 aromatic carbocycles.